The number of amides is 1. The van der Waals surface area contributed by atoms with Gasteiger partial charge in [-0.2, -0.15) is 0 Å². The third-order valence-electron chi connectivity index (χ3n) is 2.65. The zero-order valence-corrected chi connectivity index (χ0v) is 10.1. The molecule has 0 fully saturated rings. The van der Waals surface area contributed by atoms with Gasteiger partial charge in [-0.05, 0) is 24.3 Å². The summed E-state index contributed by atoms with van der Waals surface area (Å²) in [4.78, 5) is 11.0. The van der Waals surface area contributed by atoms with Crippen LogP contribution in [-0.4, -0.2) is 5.91 Å². The Morgan fingerprint density at radius 3 is 2.58 bits per heavy atom. The van der Waals surface area contributed by atoms with E-state index in [1.165, 1.54) is 18.2 Å². The fourth-order valence-corrected chi connectivity index (χ4v) is 1.60. The van der Waals surface area contributed by atoms with Crippen molar-refractivity contribution in [3.63, 3.8) is 0 Å². The summed E-state index contributed by atoms with van der Waals surface area (Å²) >= 11 is 0. The van der Waals surface area contributed by atoms with Crippen LogP contribution in [0.3, 0.4) is 0 Å². The molecule has 0 aliphatic carbocycles. The molecule has 0 aliphatic heterocycles. The summed E-state index contributed by atoms with van der Waals surface area (Å²) in [5.74, 6) is -0.830. The van der Waals surface area contributed by atoms with Gasteiger partial charge in [0.2, 0.25) is 5.91 Å². The maximum Gasteiger partial charge on any atom is 0.248 e. The van der Waals surface area contributed by atoms with Gasteiger partial charge in [0, 0.05) is 16.8 Å². The van der Waals surface area contributed by atoms with Crippen LogP contribution in [0.2, 0.25) is 0 Å². The highest BCUT2D eigenvalue weighted by Crippen LogP contribution is 2.20. The molecule has 19 heavy (non-hydrogen) atoms. The summed E-state index contributed by atoms with van der Waals surface area (Å²) in [6.07, 6.45) is 0. The van der Waals surface area contributed by atoms with Crippen molar-refractivity contribution in [2.75, 3.05) is 5.73 Å². The minimum absolute atomic E-state index is 0.117. The van der Waals surface area contributed by atoms with Crippen LogP contribution < -0.4 is 16.2 Å². The van der Waals surface area contributed by atoms with Gasteiger partial charge in [0.05, 0.1) is 0 Å². The maximum atomic E-state index is 13.3. The molecule has 4 nitrogen and oxygen atoms in total. The van der Waals surface area contributed by atoms with Crippen LogP contribution in [0.4, 0.5) is 10.1 Å². The van der Waals surface area contributed by atoms with Crippen molar-refractivity contribution in [3.05, 3.63) is 59.4 Å². The minimum atomic E-state index is -0.548. The van der Waals surface area contributed by atoms with Gasteiger partial charge < -0.3 is 16.2 Å². The van der Waals surface area contributed by atoms with Crippen molar-refractivity contribution in [2.24, 2.45) is 5.73 Å². The van der Waals surface area contributed by atoms with Gasteiger partial charge in [0.1, 0.15) is 6.61 Å². The number of halogens is 1. The lowest BCUT2D eigenvalue weighted by atomic mass is 10.1. The zero-order chi connectivity index (χ0) is 13.8. The van der Waals surface area contributed by atoms with E-state index in [9.17, 15) is 9.18 Å². The number of anilines is 1. The van der Waals surface area contributed by atoms with E-state index in [-0.39, 0.29) is 12.4 Å². The molecule has 5 heteroatoms. The molecule has 0 saturated carbocycles. The molecule has 2 aromatic carbocycles. The molecule has 2 aromatic rings. The Morgan fingerprint density at radius 1 is 1.21 bits per heavy atom. The summed E-state index contributed by atoms with van der Waals surface area (Å²) in [5, 5.41) is 0. The molecule has 98 valence electrons. The summed E-state index contributed by atoms with van der Waals surface area (Å²) < 4.78 is 18.7. The van der Waals surface area contributed by atoms with E-state index in [1.54, 1.807) is 24.3 Å². The van der Waals surface area contributed by atoms with E-state index >= 15 is 0 Å². The number of carbonyl (C=O) groups excluding carboxylic acids is 1. The number of carbonyl (C=O) groups is 1. The van der Waals surface area contributed by atoms with Crippen LogP contribution in [0.15, 0.2) is 42.5 Å². The highest BCUT2D eigenvalue weighted by Gasteiger charge is 2.07. The lowest BCUT2D eigenvalue weighted by molar-refractivity contribution is 0.100. The van der Waals surface area contributed by atoms with Crippen molar-refractivity contribution in [3.8, 4) is 5.75 Å². The van der Waals surface area contributed by atoms with Gasteiger partial charge in [-0.25, -0.2) is 4.39 Å². The third kappa shape index (κ3) is 3.01. The molecule has 0 saturated heterocycles. The lowest BCUT2D eigenvalue weighted by Crippen LogP contribution is -2.12. The Kier molecular flexibility index (Phi) is 3.66. The second kappa shape index (κ2) is 5.39. The molecular weight excluding hydrogens is 247 g/mol. The quantitative estimate of drug-likeness (QED) is 0.826. The van der Waals surface area contributed by atoms with E-state index < -0.39 is 11.7 Å². The number of hydrogen-bond donors (Lipinski definition) is 2. The number of ether oxygens (including phenoxy) is 1. The molecule has 0 aliphatic rings. The molecule has 0 unspecified atom stereocenters. The first-order valence-corrected chi connectivity index (χ1v) is 5.63. The lowest BCUT2D eigenvalue weighted by Gasteiger charge is -2.09. The van der Waals surface area contributed by atoms with E-state index in [2.05, 4.69) is 0 Å². The fourth-order valence-electron chi connectivity index (χ4n) is 1.60. The third-order valence-corrected chi connectivity index (χ3v) is 2.65. The zero-order valence-electron chi connectivity index (χ0n) is 10.1. The Hall–Kier alpha value is -2.56. The van der Waals surface area contributed by atoms with Crippen LogP contribution in [0.5, 0.6) is 5.75 Å². The number of benzene rings is 2. The van der Waals surface area contributed by atoms with Crippen LogP contribution in [0.1, 0.15) is 15.9 Å². The molecule has 0 atom stereocenters. The van der Waals surface area contributed by atoms with Gasteiger partial charge in [-0.15, -0.1) is 0 Å². The average molecular weight is 260 g/mol. The largest absolute Gasteiger partial charge is 0.486 e. The fraction of sp³-hybridized carbons (Fsp3) is 0.0714. The average Bonchev–Trinajstić information content (AvgIpc) is 2.39. The molecule has 0 spiro atoms. The molecule has 0 aromatic heterocycles. The monoisotopic (exact) mass is 260 g/mol. The molecule has 0 radical (unpaired) electrons. The Morgan fingerprint density at radius 2 is 1.95 bits per heavy atom. The van der Waals surface area contributed by atoms with Crippen LogP contribution in [-0.2, 0) is 6.61 Å². The Labute approximate surface area is 109 Å². The number of hydrogen-bond acceptors (Lipinski definition) is 3. The van der Waals surface area contributed by atoms with E-state index in [4.69, 9.17) is 16.2 Å². The molecule has 2 rings (SSSR count). The minimum Gasteiger partial charge on any atom is -0.486 e. The number of para-hydroxylation sites is 1. The van der Waals surface area contributed by atoms with Crippen molar-refractivity contribution in [2.45, 2.75) is 6.61 Å². The molecule has 4 N–H and O–H groups in total. The predicted molar refractivity (Wildman–Crippen MR) is 70.1 cm³/mol. The number of primary amides is 1. The van der Waals surface area contributed by atoms with Crippen molar-refractivity contribution in [1.82, 2.24) is 0 Å². The molecule has 0 bridgehead atoms. The van der Waals surface area contributed by atoms with Crippen LogP contribution in [0.25, 0.3) is 0 Å². The van der Waals surface area contributed by atoms with Crippen molar-refractivity contribution in [1.29, 1.82) is 0 Å². The van der Waals surface area contributed by atoms with Gasteiger partial charge in [-0.3, -0.25) is 4.79 Å². The first-order chi connectivity index (χ1) is 9.08. The molecule has 0 heterocycles. The second-order valence-corrected chi connectivity index (χ2v) is 4.00. The standard InChI is InChI=1S/C14H13FN2O2/c15-11-3-1-2-4-13(11)19-8-10-6-5-9(14(17)18)7-12(10)16/h1-7H,8,16H2,(H2,17,18). The first-order valence-electron chi connectivity index (χ1n) is 5.63. The van der Waals surface area contributed by atoms with E-state index in [0.717, 1.165) is 0 Å². The van der Waals surface area contributed by atoms with Gasteiger partial charge in [0.15, 0.2) is 11.6 Å². The highest BCUT2D eigenvalue weighted by atomic mass is 19.1. The normalized spacial score (nSPS) is 10.2. The Balaban J connectivity index is 2.12. The smallest absolute Gasteiger partial charge is 0.248 e. The number of nitrogen functional groups attached to an aromatic ring is 1. The van der Waals surface area contributed by atoms with Crippen LogP contribution >= 0.6 is 0 Å². The van der Waals surface area contributed by atoms with Crippen molar-refractivity contribution < 1.29 is 13.9 Å². The van der Waals surface area contributed by atoms with Gasteiger partial charge in [-0.1, -0.05) is 18.2 Å². The molecule has 1 amide bonds. The van der Waals surface area contributed by atoms with E-state index in [1.807, 2.05) is 0 Å². The Bertz CT molecular complexity index is 614. The van der Waals surface area contributed by atoms with Crippen LogP contribution in [0, 0.1) is 5.82 Å². The first kappa shape index (κ1) is 12.9. The number of rotatable bonds is 4. The second-order valence-electron chi connectivity index (χ2n) is 4.00. The summed E-state index contributed by atoms with van der Waals surface area (Å²) in [5.41, 5.74) is 12.3. The van der Waals surface area contributed by atoms with Gasteiger partial charge >= 0.3 is 0 Å². The summed E-state index contributed by atoms with van der Waals surface area (Å²) in [7, 11) is 0. The number of nitrogens with two attached hydrogens (primary N) is 2. The topological polar surface area (TPSA) is 78.3 Å². The van der Waals surface area contributed by atoms with Gasteiger partial charge in [0.25, 0.3) is 0 Å². The van der Waals surface area contributed by atoms with E-state index in [0.29, 0.717) is 16.8 Å². The highest BCUT2D eigenvalue weighted by molar-refractivity contribution is 5.93. The predicted octanol–water partition coefficient (Wildman–Crippen LogP) is 2.09. The maximum absolute atomic E-state index is 13.3. The molecular formula is C14H13FN2O2. The van der Waals surface area contributed by atoms with Crippen molar-refractivity contribution >= 4 is 11.6 Å². The summed E-state index contributed by atoms with van der Waals surface area (Å²) in [6, 6.07) is 10.8. The summed E-state index contributed by atoms with van der Waals surface area (Å²) in [6.45, 7) is 0.117. The SMILES string of the molecule is NC(=O)c1ccc(COc2ccccc2F)c(N)c1.